The van der Waals surface area contributed by atoms with Gasteiger partial charge in [0.15, 0.2) is 0 Å². The van der Waals surface area contributed by atoms with Gasteiger partial charge in [-0.1, -0.05) is 0 Å². The van der Waals surface area contributed by atoms with Gasteiger partial charge in [0.05, 0.1) is 5.51 Å². The van der Waals surface area contributed by atoms with Crippen LogP contribution in [0.4, 0.5) is 8.78 Å². The zero-order chi connectivity index (χ0) is 8.48. The van der Waals surface area contributed by atoms with Gasteiger partial charge in [-0.25, -0.2) is 4.79 Å². The number of carbonyl (C=O) groups is 1. The van der Waals surface area contributed by atoms with Crippen LogP contribution in [0.25, 0.3) is 0 Å². The van der Waals surface area contributed by atoms with Crippen molar-refractivity contribution in [1.82, 2.24) is 4.98 Å². The van der Waals surface area contributed by atoms with Crippen molar-refractivity contribution >= 4 is 17.3 Å². The Morgan fingerprint density at radius 1 is 1.73 bits per heavy atom. The zero-order valence-electron chi connectivity index (χ0n) is 5.12. The Labute approximate surface area is 64.3 Å². The number of hydrogen-bond acceptors (Lipinski definition) is 3. The van der Waals surface area contributed by atoms with E-state index in [1.54, 1.807) is 0 Å². The van der Waals surface area contributed by atoms with Gasteiger partial charge in [-0.3, -0.25) is 4.98 Å². The number of halogens is 2. The molecule has 1 rings (SSSR count). The molecule has 0 saturated carbocycles. The van der Waals surface area contributed by atoms with Crippen LogP contribution in [-0.4, -0.2) is 16.1 Å². The largest absolute Gasteiger partial charge is 0.477 e. The standard InChI is InChI=1S/C5H3F2NO2S/c6-5(7,4(9)10)3-1-8-2-11-3/h1-2H,(H,9,10). The summed E-state index contributed by atoms with van der Waals surface area (Å²) in [5, 5.41) is 8.04. The maximum Gasteiger partial charge on any atom is 0.380 e. The lowest BCUT2D eigenvalue weighted by atomic mass is 10.3. The van der Waals surface area contributed by atoms with Gasteiger partial charge < -0.3 is 5.11 Å². The summed E-state index contributed by atoms with van der Waals surface area (Å²) in [6, 6.07) is 0. The SMILES string of the molecule is O=C(O)C(F)(F)c1cncs1. The molecule has 0 bridgehead atoms. The molecule has 0 unspecified atom stereocenters. The minimum atomic E-state index is -3.80. The lowest BCUT2D eigenvalue weighted by Crippen LogP contribution is -2.23. The number of nitrogens with zero attached hydrogens (tertiary/aromatic N) is 1. The molecule has 11 heavy (non-hydrogen) atoms. The smallest absolute Gasteiger partial charge is 0.380 e. The summed E-state index contributed by atoms with van der Waals surface area (Å²) in [5.41, 5.74) is 1.16. The molecule has 3 nitrogen and oxygen atoms in total. The molecule has 1 aromatic heterocycles. The van der Waals surface area contributed by atoms with Crippen molar-refractivity contribution in [3.63, 3.8) is 0 Å². The van der Waals surface area contributed by atoms with Crippen molar-refractivity contribution in [3.05, 3.63) is 16.6 Å². The molecule has 0 aliphatic carbocycles. The van der Waals surface area contributed by atoms with Crippen molar-refractivity contribution in [3.8, 4) is 0 Å². The van der Waals surface area contributed by atoms with Gasteiger partial charge >= 0.3 is 11.9 Å². The van der Waals surface area contributed by atoms with E-state index in [9.17, 15) is 13.6 Å². The molecule has 0 aliphatic heterocycles. The first-order chi connectivity index (χ1) is 5.05. The van der Waals surface area contributed by atoms with E-state index in [1.165, 1.54) is 0 Å². The van der Waals surface area contributed by atoms with Gasteiger partial charge in [-0.05, 0) is 0 Å². The Bertz CT molecular complexity index is 259. The first-order valence-electron chi connectivity index (χ1n) is 2.55. The van der Waals surface area contributed by atoms with Crippen LogP contribution in [0.15, 0.2) is 11.7 Å². The van der Waals surface area contributed by atoms with E-state index in [0.717, 1.165) is 11.7 Å². The van der Waals surface area contributed by atoms with Gasteiger partial charge in [0.1, 0.15) is 4.88 Å². The summed E-state index contributed by atoms with van der Waals surface area (Å²) < 4.78 is 25.0. The third-order valence-corrected chi connectivity index (χ3v) is 1.85. The van der Waals surface area contributed by atoms with E-state index in [2.05, 4.69) is 4.98 Å². The van der Waals surface area contributed by atoms with Gasteiger partial charge in [-0.2, -0.15) is 8.78 Å². The quantitative estimate of drug-likeness (QED) is 0.744. The summed E-state index contributed by atoms with van der Waals surface area (Å²) in [7, 11) is 0. The highest BCUT2D eigenvalue weighted by Gasteiger charge is 2.42. The molecule has 0 amide bonds. The second-order valence-electron chi connectivity index (χ2n) is 1.75. The number of carboxylic acid groups (broad SMARTS) is 1. The highest BCUT2D eigenvalue weighted by Crippen LogP contribution is 2.30. The van der Waals surface area contributed by atoms with Crippen molar-refractivity contribution < 1.29 is 18.7 Å². The molecule has 0 fully saturated rings. The molecule has 60 valence electrons. The van der Waals surface area contributed by atoms with Crippen LogP contribution in [0, 0.1) is 0 Å². The molecule has 1 aromatic rings. The second kappa shape index (κ2) is 2.54. The van der Waals surface area contributed by atoms with Crippen LogP contribution in [-0.2, 0) is 10.7 Å². The van der Waals surface area contributed by atoms with Crippen LogP contribution in [0.5, 0.6) is 0 Å². The van der Waals surface area contributed by atoms with E-state index in [-0.39, 0.29) is 0 Å². The molecule has 1 heterocycles. The third-order valence-electron chi connectivity index (χ3n) is 1.01. The van der Waals surface area contributed by atoms with Crippen LogP contribution in [0.3, 0.4) is 0 Å². The lowest BCUT2D eigenvalue weighted by molar-refractivity contribution is -0.165. The fourth-order valence-electron chi connectivity index (χ4n) is 0.476. The van der Waals surface area contributed by atoms with E-state index < -0.39 is 16.8 Å². The van der Waals surface area contributed by atoms with E-state index in [0.29, 0.717) is 11.3 Å². The van der Waals surface area contributed by atoms with Crippen molar-refractivity contribution in [1.29, 1.82) is 0 Å². The van der Waals surface area contributed by atoms with Crippen LogP contribution in [0.1, 0.15) is 4.88 Å². The highest BCUT2D eigenvalue weighted by atomic mass is 32.1. The number of carboxylic acids is 1. The topological polar surface area (TPSA) is 50.2 Å². The summed E-state index contributed by atoms with van der Waals surface area (Å²) in [6.07, 6.45) is 0.846. The van der Waals surface area contributed by atoms with Crippen molar-refractivity contribution in [2.45, 2.75) is 5.92 Å². The molecule has 0 radical (unpaired) electrons. The lowest BCUT2D eigenvalue weighted by Gasteiger charge is -2.05. The Morgan fingerprint density at radius 2 is 2.36 bits per heavy atom. The summed E-state index contributed by atoms with van der Waals surface area (Å²) in [6.45, 7) is 0. The number of hydrogen-bond donors (Lipinski definition) is 1. The Balaban J connectivity index is 3.00. The molecule has 0 aliphatic rings. The Hall–Kier alpha value is -1.04. The van der Waals surface area contributed by atoms with Crippen LogP contribution < -0.4 is 0 Å². The minimum Gasteiger partial charge on any atom is -0.477 e. The van der Waals surface area contributed by atoms with E-state index >= 15 is 0 Å². The molecule has 1 N–H and O–H groups in total. The van der Waals surface area contributed by atoms with Crippen LogP contribution in [0.2, 0.25) is 0 Å². The van der Waals surface area contributed by atoms with Crippen molar-refractivity contribution in [2.24, 2.45) is 0 Å². The molecular weight excluding hydrogens is 176 g/mol. The van der Waals surface area contributed by atoms with E-state index in [1.807, 2.05) is 0 Å². The molecule has 0 saturated heterocycles. The highest BCUT2D eigenvalue weighted by molar-refractivity contribution is 7.09. The molecule has 0 aromatic carbocycles. The van der Waals surface area contributed by atoms with Gasteiger partial charge in [0.2, 0.25) is 0 Å². The number of alkyl halides is 2. The molecule has 0 spiro atoms. The Morgan fingerprint density at radius 3 is 2.73 bits per heavy atom. The monoisotopic (exact) mass is 179 g/mol. The summed E-state index contributed by atoms with van der Waals surface area (Å²) >= 11 is 0.616. The van der Waals surface area contributed by atoms with Crippen LogP contribution >= 0.6 is 11.3 Å². The first-order valence-corrected chi connectivity index (χ1v) is 3.43. The fraction of sp³-hybridized carbons (Fsp3) is 0.200. The second-order valence-corrected chi connectivity index (χ2v) is 2.63. The average Bonchev–Trinajstić information content (AvgIpc) is 2.37. The Kier molecular flexibility index (Phi) is 1.86. The third kappa shape index (κ3) is 1.35. The molecular formula is C5H3F2NO2S. The van der Waals surface area contributed by atoms with Gasteiger partial charge in [0.25, 0.3) is 0 Å². The first kappa shape index (κ1) is 8.06. The summed E-state index contributed by atoms with van der Waals surface area (Å²) in [5.74, 6) is -5.96. The zero-order valence-corrected chi connectivity index (χ0v) is 5.94. The number of rotatable bonds is 2. The molecule has 6 heteroatoms. The van der Waals surface area contributed by atoms with Gasteiger partial charge in [0, 0.05) is 6.20 Å². The van der Waals surface area contributed by atoms with Crippen molar-refractivity contribution in [2.75, 3.05) is 0 Å². The predicted octanol–water partition coefficient (Wildman–Crippen LogP) is 1.32. The molecule has 0 atom stereocenters. The predicted molar refractivity (Wildman–Crippen MR) is 33.6 cm³/mol. The van der Waals surface area contributed by atoms with E-state index in [4.69, 9.17) is 5.11 Å². The normalized spacial score (nSPS) is 11.5. The maximum absolute atomic E-state index is 12.5. The fourth-order valence-corrected chi connectivity index (χ4v) is 1.07. The maximum atomic E-state index is 12.5. The number of aliphatic carboxylic acids is 1. The number of aromatic nitrogens is 1. The van der Waals surface area contributed by atoms with Gasteiger partial charge in [-0.15, -0.1) is 11.3 Å². The summed E-state index contributed by atoms with van der Waals surface area (Å²) in [4.78, 5) is 12.7. The number of thiazole rings is 1. The average molecular weight is 179 g/mol. The minimum absolute atomic E-state index is 0.551.